The number of nitrogens with one attached hydrogen (secondary N) is 1. The lowest BCUT2D eigenvalue weighted by Crippen LogP contribution is -2.42. The van der Waals surface area contributed by atoms with Crippen molar-refractivity contribution in [2.24, 2.45) is 5.41 Å². The minimum Gasteiger partial charge on any atom is -0.469 e. The van der Waals surface area contributed by atoms with Crippen LogP contribution in [0.15, 0.2) is 18.2 Å². The van der Waals surface area contributed by atoms with Gasteiger partial charge in [-0.05, 0) is 49.4 Å². The third-order valence-electron chi connectivity index (χ3n) is 4.92. The molecule has 2 amide bonds. The molecule has 5 nitrogen and oxygen atoms in total. The normalized spacial score (nSPS) is 26.0. The number of amides is 2. The first kappa shape index (κ1) is 15.8. The van der Waals surface area contributed by atoms with E-state index in [2.05, 4.69) is 5.32 Å². The molecule has 2 atom stereocenters. The van der Waals surface area contributed by atoms with Crippen molar-refractivity contribution in [3.63, 3.8) is 0 Å². The van der Waals surface area contributed by atoms with Crippen molar-refractivity contribution in [3.8, 4) is 0 Å². The Labute approximate surface area is 134 Å². The molecule has 0 bridgehead atoms. The monoisotopic (exact) mass is 320 g/mol. The lowest BCUT2D eigenvalue weighted by atomic mass is 9.90. The van der Waals surface area contributed by atoms with Crippen molar-refractivity contribution in [2.45, 2.75) is 32.2 Å². The molecule has 1 aromatic carbocycles. The Hall–Kier alpha value is -2.11. The molecule has 1 saturated heterocycles. The first-order valence-electron chi connectivity index (χ1n) is 7.85. The Morgan fingerprint density at radius 3 is 2.96 bits per heavy atom. The number of urea groups is 1. The van der Waals surface area contributed by atoms with E-state index in [0.717, 1.165) is 24.0 Å². The molecule has 1 aromatic rings. The standard InChI is InChI=1S/C17H21FN2O3/c1-17(15(21)23-2)7-8-20(10-17)16(22)19-14-6-4-11-3-5-12(18)9-13(11)14/h3,5,9,14H,4,6-8,10H2,1-2H3,(H,19,22)/t14-,17+/m0/s1. The Balaban J connectivity index is 1.66. The highest BCUT2D eigenvalue weighted by Crippen LogP contribution is 2.34. The highest BCUT2D eigenvalue weighted by molar-refractivity contribution is 5.80. The summed E-state index contributed by atoms with van der Waals surface area (Å²) in [5, 5.41) is 2.97. The fourth-order valence-corrected chi connectivity index (χ4v) is 3.51. The summed E-state index contributed by atoms with van der Waals surface area (Å²) in [6.45, 7) is 2.67. The van der Waals surface area contributed by atoms with Gasteiger partial charge in [-0.25, -0.2) is 9.18 Å². The summed E-state index contributed by atoms with van der Waals surface area (Å²) in [6.07, 6.45) is 2.19. The molecular formula is C17H21FN2O3. The minimum atomic E-state index is -0.647. The zero-order chi connectivity index (χ0) is 16.6. The number of esters is 1. The maximum Gasteiger partial charge on any atom is 0.317 e. The van der Waals surface area contributed by atoms with Gasteiger partial charge < -0.3 is 15.0 Å². The number of nitrogens with zero attached hydrogens (tertiary/aromatic N) is 1. The van der Waals surface area contributed by atoms with Crippen LogP contribution in [0.5, 0.6) is 0 Å². The van der Waals surface area contributed by atoms with Crippen molar-refractivity contribution in [2.75, 3.05) is 20.2 Å². The smallest absolute Gasteiger partial charge is 0.317 e. The summed E-state index contributed by atoms with van der Waals surface area (Å²) in [5.74, 6) is -0.578. The van der Waals surface area contributed by atoms with E-state index >= 15 is 0 Å². The van der Waals surface area contributed by atoms with Crippen LogP contribution in [0.1, 0.15) is 36.9 Å². The summed E-state index contributed by atoms with van der Waals surface area (Å²) in [5.41, 5.74) is 1.29. The third-order valence-corrected chi connectivity index (χ3v) is 4.92. The number of likely N-dealkylation sites (tertiary alicyclic amines) is 1. The van der Waals surface area contributed by atoms with Crippen LogP contribution in [0, 0.1) is 11.2 Å². The maximum absolute atomic E-state index is 13.4. The number of carbonyl (C=O) groups excluding carboxylic acids is 2. The van der Waals surface area contributed by atoms with Gasteiger partial charge in [-0.1, -0.05) is 6.07 Å². The van der Waals surface area contributed by atoms with Gasteiger partial charge in [-0.2, -0.15) is 0 Å². The van der Waals surface area contributed by atoms with E-state index in [-0.39, 0.29) is 23.9 Å². The number of halogens is 1. The number of methoxy groups -OCH3 is 1. The summed E-state index contributed by atoms with van der Waals surface area (Å²) in [4.78, 5) is 25.9. The zero-order valence-corrected chi connectivity index (χ0v) is 13.4. The van der Waals surface area contributed by atoms with Gasteiger partial charge in [-0.15, -0.1) is 0 Å². The van der Waals surface area contributed by atoms with E-state index in [4.69, 9.17) is 4.74 Å². The van der Waals surface area contributed by atoms with E-state index in [0.29, 0.717) is 19.5 Å². The molecule has 1 aliphatic carbocycles. The molecule has 0 aromatic heterocycles. The van der Waals surface area contributed by atoms with Crippen molar-refractivity contribution >= 4 is 12.0 Å². The minimum absolute atomic E-state index is 0.168. The number of aryl methyl sites for hydroxylation is 1. The number of fused-ring (bicyclic) bond motifs is 1. The molecule has 1 fully saturated rings. The topological polar surface area (TPSA) is 58.6 Å². The molecule has 1 N–H and O–H groups in total. The van der Waals surface area contributed by atoms with Crippen LogP contribution in [-0.2, 0) is 16.0 Å². The number of carbonyl (C=O) groups is 2. The number of rotatable bonds is 2. The number of benzene rings is 1. The molecule has 0 saturated carbocycles. The average Bonchev–Trinajstić information content (AvgIpc) is 3.11. The van der Waals surface area contributed by atoms with Crippen LogP contribution in [0.3, 0.4) is 0 Å². The molecule has 6 heteroatoms. The Kier molecular flexibility index (Phi) is 4.00. The number of ether oxygens (including phenoxy) is 1. The van der Waals surface area contributed by atoms with E-state index in [1.807, 2.05) is 6.92 Å². The molecule has 3 rings (SSSR count). The fourth-order valence-electron chi connectivity index (χ4n) is 3.51. The average molecular weight is 320 g/mol. The van der Waals surface area contributed by atoms with E-state index < -0.39 is 5.41 Å². The summed E-state index contributed by atoms with van der Waals surface area (Å²) >= 11 is 0. The second-order valence-corrected chi connectivity index (χ2v) is 6.61. The molecular weight excluding hydrogens is 299 g/mol. The maximum atomic E-state index is 13.4. The van der Waals surface area contributed by atoms with Gasteiger partial charge in [0.05, 0.1) is 18.6 Å². The summed E-state index contributed by atoms with van der Waals surface area (Å²) in [6, 6.07) is 4.35. The van der Waals surface area contributed by atoms with Gasteiger partial charge in [0.2, 0.25) is 0 Å². The zero-order valence-electron chi connectivity index (χ0n) is 13.4. The van der Waals surface area contributed by atoms with Crippen LogP contribution in [0.25, 0.3) is 0 Å². The van der Waals surface area contributed by atoms with Gasteiger partial charge in [0.1, 0.15) is 5.82 Å². The highest BCUT2D eigenvalue weighted by atomic mass is 19.1. The Morgan fingerprint density at radius 2 is 2.22 bits per heavy atom. The van der Waals surface area contributed by atoms with Crippen molar-refractivity contribution in [1.82, 2.24) is 10.2 Å². The Morgan fingerprint density at radius 1 is 1.43 bits per heavy atom. The van der Waals surface area contributed by atoms with Crippen molar-refractivity contribution in [3.05, 3.63) is 35.1 Å². The highest BCUT2D eigenvalue weighted by Gasteiger charge is 2.43. The van der Waals surface area contributed by atoms with Crippen LogP contribution in [0.4, 0.5) is 9.18 Å². The molecule has 2 aliphatic rings. The van der Waals surface area contributed by atoms with E-state index in [9.17, 15) is 14.0 Å². The lowest BCUT2D eigenvalue weighted by molar-refractivity contribution is -0.150. The van der Waals surface area contributed by atoms with Crippen molar-refractivity contribution < 1.29 is 18.7 Å². The largest absolute Gasteiger partial charge is 0.469 e. The molecule has 1 aliphatic heterocycles. The lowest BCUT2D eigenvalue weighted by Gasteiger charge is -2.24. The first-order chi connectivity index (χ1) is 10.9. The van der Waals surface area contributed by atoms with Crippen LogP contribution >= 0.6 is 0 Å². The molecule has 1 heterocycles. The number of hydrogen-bond acceptors (Lipinski definition) is 3. The second kappa shape index (κ2) is 5.83. The van der Waals surface area contributed by atoms with Gasteiger partial charge in [-0.3, -0.25) is 4.79 Å². The molecule has 0 radical (unpaired) electrons. The van der Waals surface area contributed by atoms with Crippen LogP contribution in [-0.4, -0.2) is 37.1 Å². The molecule has 0 unspecified atom stereocenters. The fraction of sp³-hybridized carbons (Fsp3) is 0.529. The number of hydrogen-bond donors (Lipinski definition) is 1. The van der Waals surface area contributed by atoms with Gasteiger partial charge in [0.25, 0.3) is 0 Å². The predicted octanol–water partition coefficient (Wildman–Crippen LogP) is 2.41. The van der Waals surface area contributed by atoms with Gasteiger partial charge >= 0.3 is 12.0 Å². The van der Waals surface area contributed by atoms with E-state index in [1.54, 1.807) is 11.0 Å². The predicted molar refractivity (Wildman–Crippen MR) is 82.3 cm³/mol. The quantitative estimate of drug-likeness (QED) is 0.851. The molecule has 0 spiro atoms. The summed E-state index contributed by atoms with van der Waals surface area (Å²) < 4.78 is 18.2. The summed E-state index contributed by atoms with van der Waals surface area (Å²) in [7, 11) is 1.36. The van der Waals surface area contributed by atoms with Gasteiger partial charge in [0, 0.05) is 13.1 Å². The second-order valence-electron chi connectivity index (χ2n) is 6.61. The van der Waals surface area contributed by atoms with Crippen LogP contribution in [0.2, 0.25) is 0 Å². The Bertz CT molecular complexity index is 649. The van der Waals surface area contributed by atoms with Crippen LogP contribution < -0.4 is 5.32 Å². The molecule has 23 heavy (non-hydrogen) atoms. The van der Waals surface area contributed by atoms with Crippen molar-refractivity contribution in [1.29, 1.82) is 0 Å². The first-order valence-corrected chi connectivity index (χ1v) is 7.85. The SMILES string of the molecule is COC(=O)[C@]1(C)CCN(C(=O)N[C@H]2CCc3ccc(F)cc32)C1. The van der Waals surface area contributed by atoms with Gasteiger partial charge in [0.15, 0.2) is 0 Å². The molecule has 124 valence electrons. The van der Waals surface area contributed by atoms with E-state index in [1.165, 1.54) is 19.2 Å². The third kappa shape index (κ3) is 2.90.